The third kappa shape index (κ3) is 2.38. The first-order valence-electron chi connectivity index (χ1n) is 3.44. The monoisotopic (exact) mass is 149 g/mol. The Morgan fingerprint density at radius 3 is 2.91 bits per heavy atom. The number of halogens is 1. The first-order valence-corrected chi connectivity index (χ1v) is 3.44. The molecule has 0 heterocycles. The average Bonchev–Trinajstić information content (AvgIpc) is 2.01. The second-order valence-electron chi connectivity index (χ2n) is 2.29. The van der Waals surface area contributed by atoms with Gasteiger partial charge >= 0.3 is 0 Å². The summed E-state index contributed by atoms with van der Waals surface area (Å²) in [6.07, 6.45) is 1.08. The van der Waals surface area contributed by atoms with Gasteiger partial charge in [-0.1, -0.05) is 12.1 Å². The molecule has 0 aromatic heterocycles. The molecule has 1 rings (SSSR count). The summed E-state index contributed by atoms with van der Waals surface area (Å²) < 4.78 is 12.5. The molecule has 0 radical (unpaired) electrons. The topological polar surface area (TPSA) is 23.8 Å². The Bertz CT molecular complexity index is 275. The molecule has 0 N–H and O–H groups in total. The van der Waals surface area contributed by atoms with E-state index in [1.165, 1.54) is 12.1 Å². The number of rotatable bonds is 2. The quantitative estimate of drug-likeness (QED) is 0.632. The van der Waals surface area contributed by atoms with E-state index in [1.54, 1.807) is 6.07 Å². The van der Waals surface area contributed by atoms with E-state index < -0.39 is 0 Å². The fourth-order valence-corrected chi connectivity index (χ4v) is 0.893. The first-order chi connectivity index (χ1) is 5.33. The van der Waals surface area contributed by atoms with E-state index in [0.717, 1.165) is 5.56 Å². The van der Waals surface area contributed by atoms with Crippen LogP contribution in [0.15, 0.2) is 24.3 Å². The van der Waals surface area contributed by atoms with Crippen LogP contribution in [0.4, 0.5) is 4.39 Å². The van der Waals surface area contributed by atoms with Crippen molar-refractivity contribution in [3.8, 4) is 6.07 Å². The molecular formula is C9H8FN. The molecule has 2 heteroatoms. The van der Waals surface area contributed by atoms with Crippen molar-refractivity contribution in [1.29, 1.82) is 5.26 Å². The second kappa shape index (κ2) is 3.72. The van der Waals surface area contributed by atoms with Crippen LogP contribution in [0.1, 0.15) is 12.0 Å². The van der Waals surface area contributed by atoms with E-state index in [9.17, 15) is 4.39 Å². The van der Waals surface area contributed by atoms with Gasteiger partial charge in [0.2, 0.25) is 0 Å². The number of hydrogen-bond acceptors (Lipinski definition) is 1. The van der Waals surface area contributed by atoms with Gasteiger partial charge in [0.15, 0.2) is 0 Å². The SMILES string of the molecule is N#CCCc1cccc(F)c1. The highest BCUT2D eigenvalue weighted by Crippen LogP contribution is 2.05. The summed E-state index contributed by atoms with van der Waals surface area (Å²) in [5.41, 5.74) is 0.881. The smallest absolute Gasteiger partial charge is 0.123 e. The Morgan fingerprint density at radius 2 is 2.27 bits per heavy atom. The largest absolute Gasteiger partial charge is 0.207 e. The highest BCUT2D eigenvalue weighted by molar-refractivity contribution is 5.16. The van der Waals surface area contributed by atoms with Gasteiger partial charge in [-0.3, -0.25) is 0 Å². The number of nitriles is 1. The normalized spacial score (nSPS) is 9.09. The maximum absolute atomic E-state index is 12.5. The Kier molecular flexibility index (Phi) is 2.62. The van der Waals surface area contributed by atoms with Gasteiger partial charge in [0.05, 0.1) is 6.07 Å². The minimum atomic E-state index is -0.236. The molecule has 1 aromatic carbocycles. The van der Waals surface area contributed by atoms with Crippen LogP contribution in [-0.4, -0.2) is 0 Å². The molecule has 0 unspecified atom stereocenters. The van der Waals surface area contributed by atoms with Gasteiger partial charge in [-0.05, 0) is 24.1 Å². The van der Waals surface area contributed by atoms with Gasteiger partial charge in [0, 0.05) is 6.42 Å². The fourth-order valence-electron chi connectivity index (χ4n) is 0.893. The molecule has 0 fully saturated rings. The Labute approximate surface area is 65.1 Å². The zero-order chi connectivity index (χ0) is 8.10. The number of benzene rings is 1. The standard InChI is InChI=1S/C9H8FN/c10-9-5-1-3-8(7-9)4-2-6-11/h1,3,5,7H,2,4H2. The van der Waals surface area contributed by atoms with Crippen LogP contribution in [-0.2, 0) is 6.42 Å². The second-order valence-corrected chi connectivity index (χ2v) is 2.29. The lowest BCUT2D eigenvalue weighted by molar-refractivity contribution is 0.625. The van der Waals surface area contributed by atoms with Gasteiger partial charge in [-0.25, -0.2) is 4.39 Å². The third-order valence-corrected chi connectivity index (χ3v) is 1.41. The molecule has 0 amide bonds. The Hall–Kier alpha value is -1.36. The lowest BCUT2D eigenvalue weighted by Crippen LogP contribution is -1.83. The molecule has 0 aliphatic heterocycles. The van der Waals surface area contributed by atoms with E-state index in [-0.39, 0.29) is 5.82 Å². The van der Waals surface area contributed by atoms with Crippen molar-refractivity contribution >= 4 is 0 Å². The maximum Gasteiger partial charge on any atom is 0.123 e. The van der Waals surface area contributed by atoms with Crippen molar-refractivity contribution in [2.45, 2.75) is 12.8 Å². The fraction of sp³-hybridized carbons (Fsp3) is 0.222. The summed E-state index contributed by atoms with van der Waals surface area (Å²) in [6, 6.07) is 8.34. The van der Waals surface area contributed by atoms with Gasteiger partial charge in [-0.2, -0.15) is 5.26 Å². The summed E-state index contributed by atoms with van der Waals surface area (Å²) >= 11 is 0. The van der Waals surface area contributed by atoms with Crippen molar-refractivity contribution in [2.75, 3.05) is 0 Å². The van der Waals surface area contributed by atoms with Gasteiger partial charge < -0.3 is 0 Å². The van der Waals surface area contributed by atoms with Gasteiger partial charge in [-0.15, -0.1) is 0 Å². The predicted molar refractivity (Wildman–Crippen MR) is 40.3 cm³/mol. The van der Waals surface area contributed by atoms with E-state index in [0.29, 0.717) is 12.8 Å². The van der Waals surface area contributed by atoms with Crippen molar-refractivity contribution in [3.05, 3.63) is 35.6 Å². The Morgan fingerprint density at radius 1 is 1.45 bits per heavy atom. The molecule has 0 aliphatic rings. The maximum atomic E-state index is 12.5. The molecule has 0 spiro atoms. The molecule has 0 bridgehead atoms. The highest BCUT2D eigenvalue weighted by atomic mass is 19.1. The molecule has 1 aromatic rings. The molecule has 0 aliphatic carbocycles. The predicted octanol–water partition coefficient (Wildman–Crippen LogP) is 2.28. The number of aryl methyl sites for hydroxylation is 1. The van der Waals surface area contributed by atoms with E-state index >= 15 is 0 Å². The third-order valence-electron chi connectivity index (χ3n) is 1.41. The minimum absolute atomic E-state index is 0.236. The Balaban J connectivity index is 2.65. The summed E-state index contributed by atoms with van der Waals surface area (Å²) in [4.78, 5) is 0. The lowest BCUT2D eigenvalue weighted by atomic mass is 10.1. The van der Waals surface area contributed by atoms with Crippen LogP contribution < -0.4 is 0 Å². The molecular weight excluding hydrogens is 141 g/mol. The van der Waals surface area contributed by atoms with Crippen LogP contribution in [0.3, 0.4) is 0 Å². The summed E-state index contributed by atoms with van der Waals surface area (Å²) in [5, 5.41) is 8.25. The van der Waals surface area contributed by atoms with Gasteiger partial charge in [0.1, 0.15) is 5.82 Å². The van der Waals surface area contributed by atoms with Crippen LogP contribution in [0.5, 0.6) is 0 Å². The van der Waals surface area contributed by atoms with Crippen molar-refractivity contribution in [3.63, 3.8) is 0 Å². The molecule has 0 saturated heterocycles. The summed E-state index contributed by atoms with van der Waals surface area (Å²) in [7, 11) is 0. The highest BCUT2D eigenvalue weighted by Gasteiger charge is 1.93. The lowest BCUT2D eigenvalue weighted by Gasteiger charge is -1.95. The van der Waals surface area contributed by atoms with Crippen LogP contribution in [0.25, 0.3) is 0 Å². The van der Waals surface area contributed by atoms with E-state index in [2.05, 4.69) is 0 Å². The van der Waals surface area contributed by atoms with Crippen molar-refractivity contribution in [1.82, 2.24) is 0 Å². The first kappa shape index (κ1) is 7.74. The van der Waals surface area contributed by atoms with Crippen LogP contribution >= 0.6 is 0 Å². The molecule has 56 valence electrons. The zero-order valence-corrected chi connectivity index (χ0v) is 6.05. The molecule has 11 heavy (non-hydrogen) atoms. The molecule has 0 saturated carbocycles. The number of hydrogen-bond donors (Lipinski definition) is 0. The van der Waals surface area contributed by atoms with Crippen molar-refractivity contribution < 1.29 is 4.39 Å². The van der Waals surface area contributed by atoms with E-state index in [1.807, 2.05) is 12.1 Å². The summed E-state index contributed by atoms with van der Waals surface area (Å²) in [6.45, 7) is 0. The van der Waals surface area contributed by atoms with E-state index in [4.69, 9.17) is 5.26 Å². The number of nitrogens with zero attached hydrogens (tertiary/aromatic N) is 1. The zero-order valence-electron chi connectivity index (χ0n) is 6.05. The average molecular weight is 149 g/mol. The molecule has 1 nitrogen and oxygen atoms in total. The molecule has 0 atom stereocenters. The summed E-state index contributed by atoms with van der Waals surface area (Å²) in [5.74, 6) is -0.236. The minimum Gasteiger partial charge on any atom is -0.207 e. The van der Waals surface area contributed by atoms with Crippen LogP contribution in [0, 0.1) is 17.1 Å². The van der Waals surface area contributed by atoms with Crippen LogP contribution in [0.2, 0.25) is 0 Å². The van der Waals surface area contributed by atoms with Gasteiger partial charge in [0.25, 0.3) is 0 Å². The van der Waals surface area contributed by atoms with Crippen molar-refractivity contribution in [2.24, 2.45) is 0 Å².